The monoisotopic (exact) mass is 460 g/mol. The second-order valence-corrected chi connectivity index (χ2v) is 14.8. The summed E-state index contributed by atoms with van der Waals surface area (Å²) >= 11 is 0. The summed E-state index contributed by atoms with van der Waals surface area (Å²) in [6.07, 6.45) is 13.1. The Bertz CT molecular complexity index is 769. The smallest absolute Gasteiger partial charge is 0.0995 e. The van der Waals surface area contributed by atoms with E-state index in [4.69, 9.17) is 9.47 Å². The van der Waals surface area contributed by atoms with Gasteiger partial charge in [-0.2, -0.15) is 0 Å². The molecule has 0 aromatic carbocycles. The lowest BCUT2D eigenvalue weighted by Crippen LogP contribution is -2.69. The van der Waals surface area contributed by atoms with Gasteiger partial charge in [-0.1, -0.05) is 27.7 Å². The summed E-state index contributed by atoms with van der Waals surface area (Å²) in [5.41, 5.74) is 0.0921. The first-order chi connectivity index (χ1) is 15.2. The minimum absolute atomic E-state index is 0.123. The SMILES string of the molecule is CC(CC[C@@H]1OC1(C)C)[C@@H]1CC[C@]2(C)[C@H]3CC[C@@]4(C(C)(C)O)OCCC[C@H]4[C@]3(C)CC[C@@]12C. The zero-order chi connectivity index (χ0) is 24.1. The summed E-state index contributed by atoms with van der Waals surface area (Å²) in [4.78, 5) is 0. The molecule has 1 unspecified atom stereocenters. The van der Waals surface area contributed by atoms with E-state index in [1.807, 2.05) is 13.8 Å². The van der Waals surface area contributed by atoms with Gasteiger partial charge in [0.2, 0.25) is 0 Å². The molecule has 3 saturated carbocycles. The summed E-state index contributed by atoms with van der Waals surface area (Å²) < 4.78 is 12.5. The molecule has 9 atom stereocenters. The Morgan fingerprint density at radius 2 is 1.61 bits per heavy atom. The maximum atomic E-state index is 11.4. The minimum atomic E-state index is -0.779. The number of hydrogen-bond acceptors (Lipinski definition) is 3. The van der Waals surface area contributed by atoms with E-state index < -0.39 is 5.60 Å². The molecule has 190 valence electrons. The zero-order valence-electron chi connectivity index (χ0n) is 22.9. The van der Waals surface area contributed by atoms with Gasteiger partial charge in [-0.05, 0) is 132 Å². The van der Waals surface area contributed by atoms with E-state index in [1.165, 1.54) is 51.4 Å². The molecule has 5 aliphatic rings. The van der Waals surface area contributed by atoms with Crippen molar-refractivity contribution in [3.05, 3.63) is 0 Å². The van der Waals surface area contributed by atoms with Gasteiger partial charge in [0.1, 0.15) is 0 Å². The van der Waals surface area contributed by atoms with Crippen LogP contribution in [-0.4, -0.2) is 34.6 Å². The molecule has 0 aromatic heterocycles. The molecule has 5 fully saturated rings. The summed E-state index contributed by atoms with van der Waals surface area (Å²) in [7, 11) is 0. The fraction of sp³-hybridized carbons (Fsp3) is 1.00. The molecule has 3 aliphatic carbocycles. The standard InChI is InChI=1S/C30H52O3/c1-20(11-12-24-25(2,3)33-24)21-13-15-29(8)22-14-16-30(26(4,5)31)23(10-9-19-32-30)27(22,6)17-18-28(21,29)7/h20-24,31H,9-19H2,1-8H3/t20?,21-,22-,23-,24-,27+,28-,29+,30+/m0/s1. The highest BCUT2D eigenvalue weighted by Crippen LogP contribution is 2.75. The molecule has 0 amide bonds. The minimum Gasteiger partial charge on any atom is -0.387 e. The number of hydrogen-bond donors (Lipinski definition) is 1. The van der Waals surface area contributed by atoms with Crippen LogP contribution in [0, 0.1) is 39.9 Å². The van der Waals surface area contributed by atoms with E-state index in [2.05, 4.69) is 41.5 Å². The van der Waals surface area contributed by atoms with Gasteiger partial charge in [-0.25, -0.2) is 0 Å². The van der Waals surface area contributed by atoms with Gasteiger partial charge >= 0.3 is 0 Å². The molecule has 0 bridgehead atoms. The van der Waals surface area contributed by atoms with Crippen LogP contribution in [0.5, 0.6) is 0 Å². The molecule has 0 spiro atoms. The summed E-state index contributed by atoms with van der Waals surface area (Å²) in [6, 6.07) is 0. The molecule has 2 aliphatic heterocycles. The van der Waals surface area contributed by atoms with E-state index >= 15 is 0 Å². The molecule has 3 nitrogen and oxygen atoms in total. The van der Waals surface area contributed by atoms with Crippen LogP contribution in [0.15, 0.2) is 0 Å². The van der Waals surface area contributed by atoms with Gasteiger partial charge in [0.15, 0.2) is 0 Å². The van der Waals surface area contributed by atoms with Gasteiger partial charge in [-0.15, -0.1) is 0 Å². The predicted octanol–water partition coefficient (Wildman–Crippen LogP) is 7.15. The molecule has 0 aromatic rings. The largest absolute Gasteiger partial charge is 0.387 e. The van der Waals surface area contributed by atoms with Crippen LogP contribution in [0.1, 0.15) is 120 Å². The molecule has 2 saturated heterocycles. The highest BCUT2D eigenvalue weighted by atomic mass is 16.6. The Morgan fingerprint density at radius 3 is 2.24 bits per heavy atom. The van der Waals surface area contributed by atoms with Crippen molar-refractivity contribution in [1.29, 1.82) is 0 Å². The van der Waals surface area contributed by atoms with Gasteiger partial charge in [-0.3, -0.25) is 0 Å². The highest BCUT2D eigenvalue weighted by Gasteiger charge is 2.71. The molecular weight excluding hydrogens is 408 g/mol. The van der Waals surface area contributed by atoms with Gasteiger partial charge in [0.25, 0.3) is 0 Å². The molecule has 33 heavy (non-hydrogen) atoms. The Morgan fingerprint density at radius 1 is 0.909 bits per heavy atom. The van der Waals surface area contributed by atoms with Crippen molar-refractivity contribution in [3.8, 4) is 0 Å². The number of rotatable bonds is 5. The van der Waals surface area contributed by atoms with Gasteiger partial charge in [0, 0.05) is 6.61 Å². The molecule has 2 heterocycles. The van der Waals surface area contributed by atoms with Crippen LogP contribution in [0.25, 0.3) is 0 Å². The first kappa shape index (κ1) is 24.6. The third kappa shape index (κ3) is 3.30. The van der Waals surface area contributed by atoms with Crippen molar-refractivity contribution < 1.29 is 14.6 Å². The van der Waals surface area contributed by atoms with E-state index in [9.17, 15) is 5.11 Å². The zero-order valence-corrected chi connectivity index (χ0v) is 22.9. The first-order valence-corrected chi connectivity index (χ1v) is 14.3. The lowest BCUT2D eigenvalue weighted by molar-refractivity contribution is -0.291. The quantitative estimate of drug-likeness (QED) is 0.443. The average molecular weight is 461 g/mol. The van der Waals surface area contributed by atoms with Crippen molar-refractivity contribution in [3.63, 3.8) is 0 Å². The third-order valence-electron chi connectivity index (χ3n) is 12.8. The normalized spacial score (nSPS) is 51.9. The van der Waals surface area contributed by atoms with Crippen molar-refractivity contribution >= 4 is 0 Å². The molecule has 1 N–H and O–H groups in total. The first-order valence-electron chi connectivity index (χ1n) is 14.3. The van der Waals surface area contributed by atoms with Crippen molar-refractivity contribution in [2.45, 2.75) is 143 Å². The number of fused-ring (bicyclic) bond motifs is 5. The van der Waals surface area contributed by atoms with E-state index in [-0.39, 0.29) is 16.6 Å². The fourth-order valence-electron chi connectivity index (χ4n) is 10.5. The molecule has 5 rings (SSSR count). The lowest BCUT2D eigenvalue weighted by atomic mass is 9.37. The number of ether oxygens (including phenoxy) is 2. The Kier molecular flexibility index (Phi) is 5.55. The third-order valence-corrected chi connectivity index (χ3v) is 12.8. The Hall–Kier alpha value is -0.120. The second kappa shape index (κ2) is 7.45. The van der Waals surface area contributed by atoms with E-state index in [1.54, 1.807) is 0 Å². The number of epoxide rings is 1. The molecular formula is C30H52O3. The maximum absolute atomic E-state index is 11.4. The van der Waals surface area contributed by atoms with Crippen LogP contribution in [0.2, 0.25) is 0 Å². The number of aliphatic hydroxyl groups is 1. The average Bonchev–Trinajstić information content (AvgIpc) is 3.25. The highest BCUT2D eigenvalue weighted by molar-refractivity contribution is 5.20. The van der Waals surface area contributed by atoms with E-state index in [0.717, 1.165) is 37.2 Å². The van der Waals surface area contributed by atoms with Crippen LogP contribution >= 0.6 is 0 Å². The van der Waals surface area contributed by atoms with Crippen LogP contribution in [0.3, 0.4) is 0 Å². The van der Waals surface area contributed by atoms with Crippen molar-refractivity contribution in [1.82, 2.24) is 0 Å². The van der Waals surface area contributed by atoms with Gasteiger partial charge < -0.3 is 14.6 Å². The summed E-state index contributed by atoms with van der Waals surface area (Å²) in [5, 5.41) is 11.4. The second-order valence-electron chi connectivity index (χ2n) is 14.8. The molecule has 0 radical (unpaired) electrons. The van der Waals surface area contributed by atoms with Crippen LogP contribution in [0.4, 0.5) is 0 Å². The Balaban J connectivity index is 1.40. The van der Waals surface area contributed by atoms with Crippen molar-refractivity contribution in [2.24, 2.45) is 39.9 Å². The molecule has 3 heteroatoms. The lowest BCUT2D eigenvalue weighted by Gasteiger charge is -2.69. The van der Waals surface area contributed by atoms with Crippen LogP contribution in [-0.2, 0) is 9.47 Å². The summed E-state index contributed by atoms with van der Waals surface area (Å²) in [5.74, 6) is 2.83. The van der Waals surface area contributed by atoms with Crippen LogP contribution < -0.4 is 0 Å². The van der Waals surface area contributed by atoms with Crippen molar-refractivity contribution in [2.75, 3.05) is 6.61 Å². The predicted molar refractivity (Wildman–Crippen MR) is 134 cm³/mol. The maximum Gasteiger partial charge on any atom is 0.0995 e. The topological polar surface area (TPSA) is 42.0 Å². The Labute approximate surface area is 203 Å². The fourth-order valence-corrected chi connectivity index (χ4v) is 10.5. The van der Waals surface area contributed by atoms with E-state index in [0.29, 0.717) is 22.9 Å². The summed E-state index contributed by atoms with van der Waals surface area (Å²) in [6.45, 7) is 19.8. The van der Waals surface area contributed by atoms with Gasteiger partial charge in [0.05, 0.1) is 22.9 Å².